The molecule has 0 bridgehead atoms. The Bertz CT molecular complexity index is 647. The summed E-state index contributed by atoms with van der Waals surface area (Å²) in [7, 11) is 0. The topological polar surface area (TPSA) is 43.1 Å². The van der Waals surface area contributed by atoms with Crippen LogP contribution >= 0.6 is 35.0 Å². The number of nitro groups is 1. The molecule has 0 aliphatic heterocycles. The zero-order valence-electron chi connectivity index (χ0n) is 9.89. The van der Waals surface area contributed by atoms with Gasteiger partial charge in [0.1, 0.15) is 0 Å². The highest BCUT2D eigenvalue weighted by atomic mass is 35.5. The van der Waals surface area contributed by atoms with E-state index in [1.807, 2.05) is 19.1 Å². The Hall–Kier alpha value is -1.23. The number of aryl methyl sites for hydroxylation is 1. The maximum atomic E-state index is 10.6. The van der Waals surface area contributed by atoms with Gasteiger partial charge in [0, 0.05) is 26.9 Å². The molecule has 0 fully saturated rings. The Morgan fingerprint density at radius 3 is 2.37 bits per heavy atom. The quantitative estimate of drug-likeness (QED) is 0.565. The van der Waals surface area contributed by atoms with Gasteiger partial charge < -0.3 is 0 Å². The summed E-state index contributed by atoms with van der Waals surface area (Å²) >= 11 is 13.4. The Labute approximate surface area is 124 Å². The van der Waals surface area contributed by atoms with Gasteiger partial charge in [-0.25, -0.2) is 0 Å². The smallest absolute Gasteiger partial charge is 0.258 e. The van der Waals surface area contributed by atoms with Crippen molar-refractivity contribution in [2.45, 2.75) is 16.7 Å². The van der Waals surface area contributed by atoms with Crippen LogP contribution in [-0.2, 0) is 0 Å². The van der Waals surface area contributed by atoms with Gasteiger partial charge in [-0.1, -0.05) is 35.0 Å². The van der Waals surface area contributed by atoms with E-state index in [2.05, 4.69) is 0 Å². The Morgan fingerprint density at radius 1 is 1.11 bits per heavy atom. The molecule has 0 radical (unpaired) electrons. The summed E-state index contributed by atoms with van der Waals surface area (Å²) in [5.74, 6) is 0. The van der Waals surface area contributed by atoms with Crippen LogP contribution in [0.2, 0.25) is 10.0 Å². The molecular weight excluding hydrogens is 305 g/mol. The van der Waals surface area contributed by atoms with Crippen LogP contribution in [0.5, 0.6) is 0 Å². The highest BCUT2D eigenvalue weighted by Gasteiger charge is 2.11. The number of hydrogen-bond acceptors (Lipinski definition) is 3. The summed E-state index contributed by atoms with van der Waals surface area (Å²) in [5, 5.41) is 11.7. The molecule has 2 aromatic rings. The first-order chi connectivity index (χ1) is 8.97. The molecule has 0 saturated carbocycles. The lowest BCUT2D eigenvalue weighted by Gasteiger charge is -2.07. The molecule has 0 aromatic heterocycles. The van der Waals surface area contributed by atoms with Crippen molar-refractivity contribution in [3.63, 3.8) is 0 Å². The van der Waals surface area contributed by atoms with Gasteiger partial charge in [-0.05, 0) is 36.8 Å². The highest BCUT2D eigenvalue weighted by molar-refractivity contribution is 7.99. The van der Waals surface area contributed by atoms with Crippen molar-refractivity contribution in [2.24, 2.45) is 0 Å². The van der Waals surface area contributed by atoms with Gasteiger partial charge in [0.2, 0.25) is 0 Å². The van der Waals surface area contributed by atoms with Crippen LogP contribution in [0.1, 0.15) is 5.56 Å². The maximum absolute atomic E-state index is 10.6. The minimum absolute atomic E-state index is 0.0119. The first kappa shape index (κ1) is 14.2. The van der Waals surface area contributed by atoms with E-state index in [0.717, 1.165) is 15.4 Å². The predicted octanol–water partition coefficient (Wildman–Crippen LogP) is 5.36. The number of rotatable bonds is 3. The molecular formula is C13H9Cl2NO2S. The molecule has 0 aliphatic rings. The molecule has 2 aromatic carbocycles. The fourth-order valence-corrected chi connectivity index (χ4v) is 2.93. The van der Waals surface area contributed by atoms with Gasteiger partial charge in [-0.15, -0.1) is 0 Å². The van der Waals surface area contributed by atoms with Crippen LogP contribution in [0.3, 0.4) is 0 Å². The van der Waals surface area contributed by atoms with Gasteiger partial charge in [0.25, 0.3) is 5.69 Å². The van der Waals surface area contributed by atoms with E-state index in [0.29, 0.717) is 10.0 Å². The van der Waals surface area contributed by atoms with Crippen molar-refractivity contribution >= 4 is 40.7 Å². The number of non-ortho nitro benzene ring substituents is 1. The Kier molecular flexibility index (Phi) is 4.34. The lowest BCUT2D eigenvalue weighted by atomic mass is 10.2. The van der Waals surface area contributed by atoms with Crippen LogP contribution in [0.15, 0.2) is 46.2 Å². The molecule has 19 heavy (non-hydrogen) atoms. The van der Waals surface area contributed by atoms with Crippen molar-refractivity contribution in [3.8, 4) is 0 Å². The average molecular weight is 314 g/mol. The fourth-order valence-electron chi connectivity index (χ4n) is 1.53. The van der Waals surface area contributed by atoms with Crippen LogP contribution in [0.4, 0.5) is 5.69 Å². The highest BCUT2D eigenvalue weighted by Crippen LogP contribution is 2.37. The fraction of sp³-hybridized carbons (Fsp3) is 0.0769. The second-order valence-electron chi connectivity index (χ2n) is 3.88. The number of nitro benzene ring substituents is 1. The first-order valence-corrected chi connectivity index (χ1v) is 6.92. The van der Waals surface area contributed by atoms with Gasteiger partial charge in [0.15, 0.2) is 0 Å². The summed E-state index contributed by atoms with van der Waals surface area (Å²) in [5.41, 5.74) is 1.02. The summed E-state index contributed by atoms with van der Waals surface area (Å²) in [6.07, 6.45) is 0. The molecule has 0 unspecified atom stereocenters. The first-order valence-electron chi connectivity index (χ1n) is 5.35. The summed E-state index contributed by atoms with van der Waals surface area (Å²) in [6, 6.07) is 10.0. The van der Waals surface area contributed by atoms with Crippen molar-refractivity contribution in [1.82, 2.24) is 0 Å². The standard InChI is InChI=1S/C13H9Cl2NO2S/c1-8-6-9(14)2-4-12(8)19-13-5-3-10(16(17)18)7-11(13)15/h2-7H,1H3. The molecule has 0 spiro atoms. The third-order valence-corrected chi connectivity index (χ3v) is 4.40. The van der Waals surface area contributed by atoms with Gasteiger partial charge in [0.05, 0.1) is 9.95 Å². The SMILES string of the molecule is Cc1cc(Cl)ccc1Sc1ccc([N+](=O)[O-])cc1Cl. The normalized spacial score (nSPS) is 10.5. The van der Waals surface area contributed by atoms with E-state index >= 15 is 0 Å². The van der Waals surface area contributed by atoms with Gasteiger partial charge in [-0.2, -0.15) is 0 Å². The largest absolute Gasteiger partial charge is 0.270 e. The van der Waals surface area contributed by atoms with Gasteiger partial charge in [-0.3, -0.25) is 10.1 Å². The lowest BCUT2D eigenvalue weighted by Crippen LogP contribution is -1.88. The molecule has 98 valence electrons. The number of hydrogen-bond donors (Lipinski definition) is 0. The summed E-state index contributed by atoms with van der Waals surface area (Å²) in [6.45, 7) is 1.95. The van der Waals surface area contributed by atoms with E-state index in [1.165, 1.54) is 23.9 Å². The molecule has 3 nitrogen and oxygen atoms in total. The van der Waals surface area contributed by atoms with Crippen molar-refractivity contribution in [1.29, 1.82) is 0 Å². The molecule has 0 heterocycles. The minimum Gasteiger partial charge on any atom is -0.258 e. The van der Waals surface area contributed by atoms with E-state index in [1.54, 1.807) is 12.1 Å². The van der Waals surface area contributed by atoms with Gasteiger partial charge >= 0.3 is 0 Å². The second-order valence-corrected chi connectivity index (χ2v) is 5.81. The second kappa shape index (κ2) is 5.82. The third-order valence-electron chi connectivity index (χ3n) is 2.48. The monoisotopic (exact) mass is 313 g/mol. The molecule has 0 aliphatic carbocycles. The van der Waals surface area contributed by atoms with Crippen LogP contribution in [0, 0.1) is 17.0 Å². The van der Waals surface area contributed by atoms with E-state index in [4.69, 9.17) is 23.2 Å². The predicted molar refractivity (Wildman–Crippen MR) is 78.4 cm³/mol. The minimum atomic E-state index is -0.464. The molecule has 2 rings (SSSR count). The van der Waals surface area contributed by atoms with E-state index < -0.39 is 4.92 Å². The van der Waals surface area contributed by atoms with Crippen LogP contribution < -0.4 is 0 Å². The van der Waals surface area contributed by atoms with Crippen molar-refractivity contribution in [3.05, 3.63) is 62.1 Å². The number of nitrogens with zero attached hydrogens (tertiary/aromatic N) is 1. The molecule has 6 heteroatoms. The maximum Gasteiger partial charge on any atom is 0.270 e. The number of halogens is 2. The zero-order valence-corrected chi connectivity index (χ0v) is 12.2. The third kappa shape index (κ3) is 3.41. The molecule has 0 N–H and O–H groups in total. The molecule has 0 amide bonds. The van der Waals surface area contributed by atoms with Crippen LogP contribution in [-0.4, -0.2) is 4.92 Å². The molecule has 0 atom stereocenters. The van der Waals surface area contributed by atoms with Crippen LogP contribution in [0.25, 0.3) is 0 Å². The molecule has 0 saturated heterocycles. The van der Waals surface area contributed by atoms with E-state index in [9.17, 15) is 10.1 Å². The lowest BCUT2D eigenvalue weighted by molar-refractivity contribution is -0.384. The summed E-state index contributed by atoms with van der Waals surface area (Å²) < 4.78 is 0. The van der Waals surface area contributed by atoms with Crippen molar-refractivity contribution in [2.75, 3.05) is 0 Å². The summed E-state index contributed by atoms with van der Waals surface area (Å²) in [4.78, 5) is 12.0. The number of benzene rings is 2. The Balaban J connectivity index is 2.31. The van der Waals surface area contributed by atoms with E-state index in [-0.39, 0.29) is 5.69 Å². The Morgan fingerprint density at radius 2 is 1.79 bits per heavy atom. The zero-order chi connectivity index (χ0) is 14.0. The van der Waals surface area contributed by atoms with Crippen molar-refractivity contribution < 1.29 is 4.92 Å². The average Bonchev–Trinajstić information content (AvgIpc) is 2.34.